The summed E-state index contributed by atoms with van der Waals surface area (Å²) in [5, 5.41) is 2.95. The van der Waals surface area contributed by atoms with Gasteiger partial charge in [-0.05, 0) is 37.1 Å². The van der Waals surface area contributed by atoms with Gasteiger partial charge < -0.3 is 10.1 Å². The van der Waals surface area contributed by atoms with Crippen molar-refractivity contribution in [3.8, 4) is 0 Å². The Bertz CT molecular complexity index is 805. The van der Waals surface area contributed by atoms with Crippen LogP contribution in [-0.4, -0.2) is 17.5 Å². The number of rotatable bonds is 3. The SMILES string of the molecule is CC(NC(=O)C1(C)Cc2ccccc2C(=O)O1)c1ccccc1Br. The zero-order chi connectivity index (χ0) is 17.3. The summed E-state index contributed by atoms with van der Waals surface area (Å²) in [5.74, 6) is -0.753. The summed E-state index contributed by atoms with van der Waals surface area (Å²) < 4.78 is 6.39. The second-order valence-electron chi connectivity index (χ2n) is 6.17. The molecule has 1 heterocycles. The number of fused-ring (bicyclic) bond motifs is 1. The molecule has 1 N–H and O–H groups in total. The summed E-state index contributed by atoms with van der Waals surface area (Å²) >= 11 is 3.49. The van der Waals surface area contributed by atoms with Crippen LogP contribution < -0.4 is 5.32 Å². The van der Waals surface area contributed by atoms with Gasteiger partial charge in [-0.25, -0.2) is 4.79 Å². The Kier molecular flexibility index (Phi) is 4.45. The monoisotopic (exact) mass is 387 g/mol. The van der Waals surface area contributed by atoms with Crippen LogP contribution in [0.4, 0.5) is 0 Å². The highest BCUT2D eigenvalue weighted by Gasteiger charge is 2.43. The second-order valence-corrected chi connectivity index (χ2v) is 7.03. The van der Waals surface area contributed by atoms with E-state index < -0.39 is 11.6 Å². The van der Waals surface area contributed by atoms with Crippen molar-refractivity contribution >= 4 is 27.8 Å². The molecule has 0 radical (unpaired) electrons. The first kappa shape index (κ1) is 16.7. The number of esters is 1. The number of amides is 1. The van der Waals surface area contributed by atoms with Gasteiger partial charge in [0, 0.05) is 10.9 Å². The Hall–Kier alpha value is -2.14. The third-order valence-corrected chi connectivity index (χ3v) is 5.00. The molecule has 3 rings (SSSR count). The highest BCUT2D eigenvalue weighted by molar-refractivity contribution is 9.10. The van der Waals surface area contributed by atoms with Crippen LogP contribution in [-0.2, 0) is 16.0 Å². The predicted molar refractivity (Wildman–Crippen MR) is 94.7 cm³/mol. The van der Waals surface area contributed by atoms with Crippen molar-refractivity contribution in [1.29, 1.82) is 0 Å². The van der Waals surface area contributed by atoms with Crippen molar-refractivity contribution in [3.05, 3.63) is 69.7 Å². The Balaban J connectivity index is 1.80. The molecule has 5 heteroatoms. The van der Waals surface area contributed by atoms with Crippen LogP contribution in [0.5, 0.6) is 0 Å². The number of carbonyl (C=O) groups is 2. The number of ether oxygens (including phenoxy) is 1. The molecule has 0 bridgehead atoms. The van der Waals surface area contributed by atoms with E-state index in [-0.39, 0.29) is 11.9 Å². The maximum atomic E-state index is 12.8. The molecule has 0 saturated heterocycles. The third-order valence-electron chi connectivity index (χ3n) is 4.28. The van der Waals surface area contributed by atoms with E-state index in [4.69, 9.17) is 4.74 Å². The molecule has 1 amide bonds. The van der Waals surface area contributed by atoms with Gasteiger partial charge in [0.25, 0.3) is 5.91 Å². The van der Waals surface area contributed by atoms with Gasteiger partial charge in [-0.2, -0.15) is 0 Å². The van der Waals surface area contributed by atoms with Crippen molar-refractivity contribution in [2.24, 2.45) is 0 Å². The molecule has 24 heavy (non-hydrogen) atoms. The molecule has 1 aliphatic rings. The highest BCUT2D eigenvalue weighted by atomic mass is 79.9. The van der Waals surface area contributed by atoms with E-state index in [0.717, 1.165) is 15.6 Å². The molecule has 0 aliphatic carbocycles. The normalized spacial score (nSPS) is 20.7. The number of hydrogen-bond acceptors (Lipinski definition) is 3. The van der Waals surface area contributed by atoms with Gasteiger partial charge in [-0.15, -0.1) is 0 Å². The maximum absolute atomic E-state index is 12.8. The van der Waals surface area contributed by atoms with Gasteiger partial charge in [0.1, 0.15) is 0 Å². The quantitative estimate of drug-likeness (QED) is 0.814. The summed E-state index contributed by atoms with van der Waals surface area (Å²) in [5.41, 5.74) is 1.12. The van der Waals surface area contributed by atoms with Crippen LogP contribution in [0.25, 0.3) is 0 Å². The Morgan fingerprint density at radius 1 is 1.21 bits per heavy atom. The molecule has 2 aromatic rings. The van der Waals surface area contributed by atoms with E-state index in [2.05, 4.69) is 21.2 Å². The van der Waals surface area contributed by atoms with Crippen molar-refractivity contribution < 1.29 is 14.3 Å². The molecule has 0 aromatic heterocycles. The Morgan fingerprint density at radius 3 is 2.62 bits per heavy atom. The molecule has 0 fully saturated rings. The summed E-state index contributed by atoms with van der Waals surface area (Å²) in [4.78, 5) is 25.0. The lowest BCUT2D eigenvalue weighted by molar-refractivity contribution is -0.140. The van der Waals surface area contributed by atoms with Crippen molar-refractivity contribution in [2.75, 3.05) is 0 Å². The molecule has 1 aliphatic heterocycles. The van der Waals surface area contributed by atoms with Crippen molar-refractivity contribution in [1.82, 2.24) is 5.32 Å². The van der Waals surface area contributed by atoms with Crippen LogP contribution in [0.15, 0.2) is 53.0 Å². The van der Waals surface area contributed by atoms with Crippen molar-refractivity contribution in [2.45, 2.75) is 31.9 Å². The van der Waals surface area contributed by atoms with E-state index in [1.165, 1.54) is 0 Å². The first-order chi connectivity index (χ1) is 11.4. The summed E-state index contributed by atoms with van der Waals surface area (Å²) in [6.45, 7) is 3.56. The average Bonchev–Trinajstić information content (AvgIpc) is 2.55. The fraction of sp³-hybridized carbons (Fsp3) is 0.263. The maximum Gasteiger partial charge on any atom is 0.339 e. The van der Waals surface area contributed by atoms with Gasteiger partial charge in [0.05, 0.1) is 11.6 Å². The van der Waals surface area contributed by atoms with Gasteiger partial charge in [-0.3, -0.25) is 4.79 Å². The zero-order valence-corrected chi connectivity index (χ0v) is 15.1. The Labute approximate surface area is 149 Å². The molecular formula is C19H18BrNO3. The van der Waals surface area contributed by atoms with E-state index in [1.54, 1.807) is 19.1 Å². The van der Waals surface area contributed by atoms with Crippen LogP contribution >= 0.6 is 15.9 Å². The van der Waals surface area contributed by atoms with E-state index in [1.807, 2.05) is 43.3 Å². The molecule has 2 atom stereocenters. The molecule has 0 saturated carbocycles. The first-order valence-corrected chi connectivity index (χ1v) is 8.56. The third kappa shape index (κ3) is 3.08. The van der Waals surface area contributed by atoms with Crippen LogP contribution in [0, 0.1) is 0 Å². The van der Waals surface area contributed by atoms with E-state index >= 15 is 0 Å². The minimum Gasteiger partial charge on any atom is -0.445 e. The Morgan fingerprint density at radius 2 is 1.88 bits per heavy atom. The number of cyclic esters (lactones) is 1. The lowest BCUT2D eigenvalue weighted by atomic mass is 9.89. The topological polar surface area (TPSA) is 55.4 Å². The fourth-order valence-corrected chi connectivity index (χ4v) is 3.54. The largest absolute Gasteiger partial charge is 0.445 e. The lowest BCUT2D eigenvalue weighted by Crippen LogP contribution is -2.52. The van der Waals surface area contributed by atoms with Crippen LogP contribution in [0.2, 0.25) is 0 Å². The van der Waals surface area contributed by atoms with E-state index in [9.17, 15) is 9.59 Å². The lowest BCUT2D eigenvalue weighted by Gasteiger charge is -2.34. The minimum absolute atomic E-state index is 0.208. The van der Waals surface area contributed by atoms with E-state index in [0.29, 0.717) is 12.0 Å². The summed E-state index contributed by atoms with van der Waals surface area (Å²) in [6, 6.07) is 14.7. The standard InChI is InChI=1S/C19H18BrNO3/c1-12(14-8-5-6-10-16(14)20)21-18(23)19(2)11-13-7-3-4-9-15(13)17(22)24-19/h3-10,12H,11H2,1-2H3,(H,21,23). The van der Waals surface area contributed by atoms with Gasteiger partial charge in [0.2, 0.25) is 0 Å². The number of carbonyl (C=O) groups excluding carboxylic acids is 2. The summed E-state index contributed by atoms with van der Waals surface area (Å²) in [7, 11) is 0. The second kappa shape index (κ2) is 6.40. The molecule has 2 aromatic carbocycles. The van der Waals surface area contributed by atoms with Crippen LogP contribution in [0.3, 0.4) is 0 Å². The predicted octanol–water partition coefficient (Wildman–Crippen LogP) is 3.80. The van der Waals surface area contributed by atoms with Gasteiger partial charge in [-0.1, -0.05) is 52.3 Å². The number of benzene rings is 2. The summed E-state index contributed by atoms with van der Waals surface area (Å²) in [6.07, 6.45) is 0.365. The molecule has 0 spiro atoms. The fourth-order valence-electron chi connectivity index (χ4n) is 2.91. The first-order valence-electron chi connectivity index (χ1n) is 7.77. The smallest absolute Gasteiger partial charge is 0.339 e. The van der Waals surface area contributed by atoms with Crippen LogP contribution in [0.1, 0.15) is 41.4 Å². The zero-order valence-electron chi connectivity index (χ0n) is 13.5. The number of nitrogens with one attached hydrogen (secondary N) is 1. The number of hydrogen-bond donors (Lipinski definition) is 1. The van der Waals surface area contributed by atoms with Gasteiger partial charge in [0.15, 0.2) is 5.60 Å². The molecule has 2 unspecified atom stereocenters. The molecule has 124 valence electrons. The molecule has 4 nitrogen and oxygen atoms in total. The van der Waals surface area contributed by atoms with Crippen molar-refractivity contribution in [3.63, 3.8) is 0 Å². The van der Waals surface area contributed by atoms with Gasteiger partial charge >= 0.3 is 5.97 Å². The molecular weight excluding hydrogens is 370 g/mol. The highest BCUT2D eigenvalue weighted by Crippen LogP contribution is 2.30. The minimum atomic E-state index is -1.21. The number of halogens is 1. The average molecular weight is 388 g/mol.